The van der Waals surface area contributed by atoms with E-state index in [1.807, 2.05) is 25.7 Å². The molecule has 0 radical (unpaired) electrons. The molecule has 110 valence electrons. The highest BCUT2D eigenvalue weighted by molar-refractivity contribution is 5.87. The number of hydrogen-bond acceptors (Lipinski definition) is 3. The zero-order chi connectivity index (χ0) is 14.7. The van der Waals surface area contributed by atoms with E-state index in [2.05, 4.69) is 5.32 Å². The SMILES string of the molecule is CCC(CC)(CN)C(=O)N1CCC(C)(C(=O)NC)C1. The van der Waals surface area contributed by atoms with Crippen LogP contribution >= 0.6 is 0 Å². The first-order valence-corrected chi connectivity index (χ1v) is 7.10. The Kier molecular flexibility index (Phi) is 4.96. The second-order valence-electron chi connectivity index (χ2n) is 5.81. The van der Waals surface area contributed by atoms with Crippen LogP contribution < -0.4 is 11.1 Å². The first kappa shape index (κ1) is 16.0. The number of nitrogens with two attached hydrogens (primary N) is 1. The number of nitrogens with zero attached hydrogens (tertiary/aromatic N) is 1. The third kappa shape index (κ3) is 2.76. The maximum atomic E-state index is 12.7. The fraction of sp³-hybridized carbons (Fsp3) is 0.857. The molecule has 5 heteroatoms. The number of nitrogens with one attached hydrogen (secondary N) is 1. The smallest absolute Gasteiger partial charge is 0.230 e. The number of rotatable bonds is 5. The number of amides is 2. The molecule has 1 atom stereocenters. The Morgan fingerprint density at radius 1 is 1.37 bits per heavy atom. The average Bonchev–Trinajstić information content (AvgIpc) is 2.84. The zero-order valence-electron chi connectivity index (χ0n) is 12.6. The van der Waals surface area contributed by atoms with Gasteiger partial charge < -0.3 is 16.0 Å². The van der Waals surface area contributed by atoms with E-state index in [-0.39, 0.29) is 11.8 Å². The summed E-state index contributed by atoms with van der Waals surface area (Å²) < 4.78 is 0. The van der Waals surface area contributed by atoms with E-state index >= 15 is 0 Å². The minimum Gasteiger partial charge on any atom is -0.359 e. The molecule has 1 aliphatic heterocycles. The molecule has 1 fully saturated rings. The van der Waals surface area contributed by atoms with Gasteiger partial charge in [0.05, 0.1) is 10.8 Å². The third-order valence-electron chi connectivity index (χ3n) is 4.73. The summed E-state index contributed by atoms with van der Waals surface area (Å²) >= 11 is 0. The summed E-state index contributed by atoms with van der Waals surface area (Å²) in [5.41, 5.74) is 4.89. The Morgan fingerprint density at radius 3 is 2.37 bits per heavy atom. The van der Waals surface area contributed by atoms with Crippen molar-refractivity contribution in [2.45, 2.75) is 40.0 Å². The Hall–Kier alpha value is -1.10. The quantitative estimate of drug-likeness (QED) is 0.773. The van der Waals surface area contributed by atoms with E-state index in [0.29, 0.717) is 26.1 Å². The van der Waals surface area contributed by atoms with E-state index in [1.165, 1.54) is 0 Å². The summed E-state index contributed by atoms with van der Waals surface area (Å²) in [6.45, 7) is 7.43. The predicted octanol–water partition coefficient (Wildman–Crippen LogP) is 0.736. The Labute approximate surface area is 115 Å². The van der Waals surface area contributed by atoms with Crippen LogP contribution in [0.1, 0.15) is 40.0 Å². The largest absolute Gasteiger partial charge is 0.359 e. The van der Waals surface area contributed by atoms with Crippen LogP contribution in [0.2, 0.25) is 0 Å². The van der Waals surface area contributed by atoms with E-state index in [4.69, 9.17) is 5.73 Å². The molecule has 0 spiro atoms. The maximum Gasteiger partial charge on any atom is 0.230 e. The van der Waals surface area contributed by atoms with Gasteiger partial charge in [0.2, 0.25) is 11.8 Å². The first-order chi connectivity index (χ1) is 8.89. The fourth-order valence-electron chi connectivity index (χ4n) is 2.89. The third-order valence-corrected chi connectivity index (χ3v) is 4.73. The zero-order valence-corrected chi connectivity index (χ0v) is 12.6. The van der Waals surface area contributed by atoms with Gasteiger partial charge in [0.15, 0.2) is 0 Å². The van der Waals surface area contributed by atoms with Crippen molar-refractivity contribution in [3.05, 3.63) is 0 Å². The molecule has 1 saturated heterocycles. The molecule has 0 aromatic carbocycles. The van der Waals surface area contributed by atoms with Crippen molar-refractivity contribution in [1.29, 1.82) is 0 Å². The summed E-state index contributed by atoms with van der Waals surface area (Å²) in [6.07, 6.45) is 2.20. The summed E-state index contributed by atoms with van der Waals surface area (Å²) in [5, 5.41) is 2.69. The average molecular weight is 269 g/mol. The van der Waals surface area contributed by atoms with Crippen LogP contribution in [0.15, 0.2) is 0 Å². The monoisotopic (exact) mass is 269 g/mol. The molecule has 0 aliphatic carbocycles. The lowest BCUT2D eigenvalue weighted by atomic mass is 9.81. The predicted molar refractivity (Wildman–Crippen MR) is 75.4 cm³/mol. The van der Waals surface area contributed by atoms with Gasteiger partial charge in [-0.3, -0.25) is 9.59 Å². The maximum absolute atomic E-state index is 12.7. The molecule has 3 N–H and O–H groups in total. The van der Waals surface area contributed by atoms with Crippen molar-refractivity contribution in [3.8, 4) is 0 Å². The summed E-state index contributed by atoms with van der Waals surface area (Å²) in [6, 6.07) is 0. The number of likely N-dealkylation sites (tertiary alicyclic amines) is 1. The molecule has 1 aliphatic rings. The van der Waals surface area contributed by atoms with Crippen molar-refractivity contribution in [2.24, 2.45) is 16.6 Å². The summed E-state index contributed by atoms with van der Waals surface area (Å²) in [7, 11) is 1.64. The summed E-state index contributed by atoms with van der Waals surface area (Å²) in [4.78, 5) is 26.4. The lowest BCUT2D eigenvalue weighted by Gasteiger charge is -2.34. The van der Waals surface area contributed by atoms with Crippen LogP contribution in [0.3, 0.4) is 0 Å². The molecule has 2 amide bonds. The van der Waals surface area contributed by atoms with Crippen molar-refractivity contribution in [1.82, 2.24) is 10.2 Å². The van der Waals surface area contributed by atoms with E-state index < -0.39 is 10.8 Å². The minimum absolute atomic E-state index is 0.00847. The number of carbonyl (C=O) groups is 2. The highest BCUT2D eigenvalue weighted by atomic mass is 16.2. The topological polar surface area (TPSA) is 75.4 Å². The van der Waals surface area contributed by atoms with Crippen molar-refractivity contribution < 1.29 is 9.59 Å². The Bertz CT molecular complexity index is 344. The molecule has 19 heavy (non-hydrogen) atoms. The van der Waals surface area contributed by atoms with E-state index in [0.717, 1.165) is 12.8 Å². The van der Waals surface area contributed by atoms with Crippen LogP contribution in [0.4, 0.5) is 0 Å². The van der Waals surface area contributed by atoms with Gasteiger partial charge in [-0.25, -0.2) is 0 Å². The molecule has 1 heterocycles. The Morgan fingerprint density at radius 2 is 1.95 bits per heavy atom. The Balaban J connectivity index is 2.84. The van der Waals surface area contributed by atoms with Crippen LogP contribution in [0.25, 0.3) is 0 Å². The minimum atomic E-state index is -0.466. The molecule has 0 aromatic rings. The lowest BCUT2D eigenvalue weighted by molar-refractivity contribution is -0.142. The standard InChI is InChI=1S/C14H27N3O2/c1-5-14(6-2,9-15)12(19)17-8-7-13(3,10-17)11(18)16-4/h5-10,15H2,1-4H3,(H,16,18). The van der Waals surface area contributed by atoms with Crippen LogP contribution in [0, 0.1) is 10.8 Å². The molecule has 0 aromatic heterocycles. The van der Waals surface area contributed by atoms with Crippen molar-refractivity contribution in [3.63, 3.8) is 0 Å². The van der Waals surface area contributed by atoms with Gasteiger partial charge in [-0.15, -0.1) is 0 Å². The van der Waals surface area contributed by atoms with Crippen molar-refractivity contribution in [2.75, 3.05) is 26.7 Å². The van der Waals surface area contributed by atoms with E-state index in [9.17, 15) is 9.59 Å². The van der Waals surface area contributed by atoms with Gasteiger partial charge in [-0.05, 0) is 26.2 Å². The van der Waals surface area contributed by atoms with Crippen LogP contribution in [0.5, 0.6) is 0 Å². The van der Waals surface area contributed by atoms with Gasteiger partial charge in [0, 0.05) is 26.7 Å². The highest BCUT2D eigenvalue weighted by Crippen LogP contribution is 2.35. The molecule has 0 saturated carbocycles. The second kappa shape index (κ2) is 5.90. The molecular weight excluding hydrogens is 242 g/mol. The van der Waals surface area contributed by atoms with Crippen LogP contribution in [-0.2, 0) is 9.59 Å². The first-order valence-electron chi connectivity index (χ1n) is 7.10. The van der Waals surface area contributed by atoms with Crippen LogP contribution in [-0.4, -0.2) is 43.4 Å². The van der Waals surface area contributed by atoms with Gasteiger partial charge in [0.1, 0.15) is 0 Å². The van der Waals surface area contributed by atoms with Crippen molar-refractivity contribution >= 4 is 11.8 Å². The van der Waals surface area contributed by atoms with Gasteiger partial charge in [-0.2, -0.15) is 0 Å². The number of carbonyl (C=O) groups excluding carboxylic acids is 2. The molecule has 1 unspecified atom stereocenters. The molecule has 1 rings (SSSR count). The molecular formula is C14H27N3O2. The van der Waals surface area contributed by atoms with Gasteiger partial charge >= 0.3 is 0 Å². The lowest BCUT2D eigenvalue weighted by Crippen LogP contribution is -2.48. The van der Waals surface area contributed by atoms with E-state index in [1.54, 1.807) is 7.05 Å². The molecule has 5 nitrogen and oxygen atoms in total. The van der Waals surface area contributed by atoms with Gasteiger partial charge in [0.25, 0.3) is 0 Å². The second-order valence-corrected chi connectivity index (χ2v) is 5.81. The van der Waals surface area contributed by atoms with Gasteiger partial charge in [-0.1, -0.05) is 13.8 Å². The fourth-order valence-corrected chi connectivity index (χ4v) is 2.89. The normalized spacial score (nSPS) is 23.5. The molecule has 0 bridgehead atoms. The highest BCUT2D eigenvalue weighted by Gasteiger charge is 2.45. The number of hydrogen-bond donors (Lipinski definition) is 2. The summed E-state index contributed by atoms with van der Waals surface area (Å²) in [5.74, 6) is 0.113.